The molecule has 0 aliphatic rings. The van der Waals surface area contributed by atoms with Crippen molar-refractivity contribution < 1.29 is 31.9 Å². The number of carboxylic acids is 1. The molecule has 0 amide bonds. The fourth-order valence-electron chi connectivity index (χ4n) is 1.27. The van der Waals surface area contributed by atoms with Crippen LogP contribution in [0.5, 0.6) is 0 Å². The predicted octanol–water partition coefficient (Wildman–Crippen LogP) is 3.93. The van der Waals surface area contributed by atoms with Gasteiger partial charge in [-0.1, -0.05) is 17.7 Å². The van der Waals surface area contributed by atoms with Crippen LogP contribution in [0, 0.1) is 0 Å². The number of halogens is 6. The zero-order valence-corrected chi connectivity index (χ0v) is 9.32. The molecule has 8 heteroatoms. The van der Waals surface area contributed by atoms with E-state index in [0.717, 1.165) is 0 Å². The number of aliphatic carboxylic acids is 1. The van der Waals surface area contributed by atoms with Gasteiger partial charge in [-0.2, -0.15) is 13.2 Å². The van der Waals surface area contributed by atoms with Crippen molar-refractivity contribution in [3.05, 3.63) is 34.3 Å². The van der Waals surface area contributed by atoms with Gasteiger partial charge in [-0.15, -0.1) is 0 Å². The van der Waals surface area contributed by atoms with E-state index < -0.39 is 40.6 Å². The fraction of sp³-hybridized carbons (Fsp3) is 0.300. The number of hydrogen-bond acceptors (Lipinski definition) is 1. The molecule has 0 radical (unpaired) electrons. The fourth-order valence-corrected chi connectivity index (χ4v) is 1.59. The number of hydrogen-bond donors (Lipinski definition) is 1. The van der Waals surface area contributed by atoms with Gasteiger partial charge in [-0.25, -0.2) is 8.78 Å². The van der Waals surface area contributed by atoms with Crippen LogP contribution in [0.3, 0.4) is 0 Å². The van der Waals surface area contributed by atoms with Crippen molar-refractivity contribution in [1.82, 2.24) is 0 Å². The lowest BCUT2D eigenvalue weighted by Crippen LogP contribution is -2.19. The molecule has 0 aliphatic carbocycles. The van der Waals surface area contributed by atoms with Crippen LogP contribution < -0.4 is 0 Å². The van der Waals surface area contributed by atoms with Gasteiger partial charge in [0.05, 0.1) is 10.6 Å². The smallest absolute Gasteiger partial charge is 0.416 e. The van der Waals surface area contributed by atoms with Crippen LogP contribution in [0.15, 0.2) is 18.2 Å². The Balaban J connectivity index is 3.17. The van der Waals surface area contributed by atoms with Crippen LogP contribution in [0.2, 0.25) is 5.02 Å². The highest BCUT2D eigenvalue weighted by Gasteiger charge is 2.38. The van der Waals surface area contributed by atoms with Crippen LogP contribution in [-0.4, -0.2) is 11.1 Å². The third kappa shape index (κ3) is 3.32. The van der Waals surface area contributed by atoms with E-state index in [4.69, 9.17) is 16.7 Å². The molecular weight excluding hydrogens is 283 g/mol. The van der Waals surface area contributed by atoms with E-state index in [1.807, 2.05) is 0 Å². The molecule has 1 N–H and O–H groups in total. The Morgan fingerprint density at radius 3 is 2.17 bits per heavy atom. The highest BCUT2D eigenvalue weighted by atomic mass is 35.5. The average Bonchev–Trinajstić information content (AvgIpc) is 2.13. The van der Waals surface area contributed by atoms with Crippen molar-refractivity contribution in [2.45, 2.75) is 18.5 Å². The Bertz CT molecular complexity index is 470. The van der Waals surface area contributed by atoms with Crippen molar-refractivity contribution in [3.63, 3.8) is 0 Å². The van der Waals surface area contributed by atoms with Crippen LogP contribution in [0.4, 0.5) is 22.0 Å². The maximum Gasteiger partial charge on any atom is 0.416 e. The Hall–Kier alpha value is -1.37. The first-order valence-corrected chi connectivity index (χ1v) is 4.88. The summed E-state index contributed by atoms with van der Waals surface area (Å²) in [5.41, 5.74) is -2.12. The van der Waals surface area contributed by atoms with Crippen LogP contribution >= 0.6 is 11.6 Å². The lowest BCUT2D eigenvalue weighted by atomic mass is 10.0. The van der Waals surface area contributed by atoms with Crippen LogP contribution in [0.1, 0.15) is 17.5 Å². The van der Waals surface area contributed by atoms with E-state index in [9.17, 15) is 26.7 Å². The molecule has 0 bridgehead atoms. The molecule has 0 aromatic heterocycles. The maximum atomic E-state index is 13.3. The monoisotopic (exact) mass is 288 g/mol. The van der Waals surface area contributed by atoms with Gasteiger partial charge < -0.3 is 5.11 Å². The second-order valence-electron chi connectivity index (χ2n) is 3.47. The predicted molar refractivity (Wildman–Crippen MR) is 52.6 cm³/mol. The molecule has 1 rings (SSSR count). The number of alkyl halides is 5. The van der Waals surface area contributed by atoms with E-state index in [2.05, 4.69) is 0 Å². The SMILES string of the molecule is O=C(O)CC(F)(F)c1ccc(C(F)(F)F)cc1Cl. The first-order chi connectivity index (χ1) is 8.04. The molecule has 1 aromatic carbocycles. The lowest BCUT2D eigenvalue weighted by molar-refractivity contribution is -0.146. The average molecular weight is 289 g/mol. The van der Waals surface area contributed by atoms with Gasteiger partial charge in [0.15, 0.2) is 0 Å². The second-order valence-corrected chi connectivity index (χ2v) is 3.87. The summed E-state index contributed by atoms with van der Waals surface area (Å²) in [6, 6.07) is 1.25. The highest BCUT2D eigenvalue weighted by Crippen LogP contribution is 2.39. The Morgan fingerprint density at radius 1 is 1.22 bits per heavy atom. The number of carbonyl (C=O) groups is 1. The summed E-state index contributed by atoms with van der Waals surface area (Å²) < 4.78 is 63.5. The molecule has 0 spiro atoms. The summed E-state index contributed by atoms with van der Waals surface area (Å²) in [5, 5.41) is 7.46. The van der Waals surface area contributed by atoms with E-state index >= 15 is 0 Å². The summed E-state index contributed by atoms with van der Waals surface area (Å²) in [6.45, 7) is 0. The van der Waals surface area contributed by atoms with Crippen LogP contribution in [0.25, 0.3) is 0 Å². The van der Waals surface area contributed by atoms with E-state index in [-0.39, 0.29) is 0 Å². The molecule has 0 unspecified atom stereocenters. The lowest BCUT2D eigenvalue weighted by Gasteiger charge is -2.17. The molecule has 0 aliphatic heterocycles. The molecule has 0 saturated carbocycles. The van der Waals surface area contributed by atoms with Gasteiger partial charge in [0.2, 0.25) is 0 Å². The summed E-state index contributed by atoms with van der Waals surface area (Å²) in [5.74, 6) is -5.61. The highest BCUT2D eigenvalue weighted by molar-refractivity contribution is 6.31. The summed E-state index contributed by atoms with van der Waals surface area (Å²) in [7, 11) is 0. The van der Waals surface area contributed by atoms with Gasteiger partial charge in [0.25, 0.3) is 5.92 Å². The Morgan fingerprint density at radius 2 is 1.78 bits per heavy atom. The first kappa shape index (κ1) is 14.7. The van der Waals surface area contributed by atoms with Gasteiger partial charge in [-0.05, 0) is 12.1 Å². The minimum atomic E-state index is -4.70. The van der Waals surface area contributed by atoms with Gasteiger partial charge in [0, 0.05) is 5.56 Å². The zero-order valence-electron chi connectivity index (χ0n) is 8.56. The third-order valence-electron chi connectivity index (χ3n) is 2.06. The Labute approximate surface area is 103 Å². The Kier molecular flexibility index (Phi) is 3.85. The standard InChI is InChI=1S/C10H6ClF5O2/c11-7-3-5(10(14,15)16)1-2-6(7)9(12,13)4-8(17)18/h1-3H,4H2,(H,17,18). The molecule has 0 heterocycles. The van der Waals surface area contributed by atoms with Crippen LogP contribution in [-0.2, 0) is 16.9 Å². The second kappa shape index (κ2) is 4.72. The van der Waals surface area contributed by atoms with Crippen molar-refractivity contribution in [2.75, 3.05) is 0 Å². The largest absolute Gasteiger partial charge is 0.481 e. The number of benzene rings is 1. The normalized spacial score (nSPS) is 12.6. The molecule has 1 aromatic rings. The molecule has 0 saturated heterocycles. The molecule has 2 nitrogen and oxygen atoms in total. The third-order valence-corrected chi connectivity index (χ3v) is 2.38. The summed E-state index contributed by atoms with van der Waals surface area (Å²) in [4.78, 5) is 10.2. The minimum absolute atomic E-state index is 0.340. The number of rotatable bonds is 3. The van der Waals surface area contributed by atoms with Gasteiger partial charge in [0.1, 0.15) is 6.42 Å². The van der Waals surface area contributed by atoms with Crippen molar-refractivity contribution in [1.29, 1.82) is 0 Å². The van der Waals surface area contributed by atoms with E-state index in [1.54, 1.807) is 0 Å². The number of carboxylic acid groups (broad SMARTS) is 1. The minimum Gasteiger partial charge on any atom is -0.481 e. The molecule has 0 atom stereocenters. The summed E-state index contributed by atoms with van der Waals surface area (Å²) >= 11 is 5.33. The summed E-state index contributed by atoms with van der Waals surface area (Å²) in [6.07, 6.45) is -6.25. The van der Waals surface area contributed by atoms with Gasteiger partial charge in [-0.3, -0.25) is 4.79 Å². The molecular formula is C10H6ClF5O2. The zero-order chi connectivity index (χ0) is 14.1. The maximum absolute atomic E-state index is 13.3. The first-order valence-electron chi connectivity index (χ1n) is 4.51. The van der Waals surface area contributed by atoms with Crippen molar-refractivity contribution in [2.24, 2.45) is 0 Å². The molecule has 100 valence electrons. The van der Waals surface area contributed by atoms with Crippen molar-refractivity contribution in [3.8, 4) is 0 Å². The van der Waals surface area contributed by atoms with E-state index in [1.165, 1.54) is 0 Å². The molecule has 0 fully saturated rings. The molecule has 18 heavy (non-hydrogen) atoms. The van der Waals surface area contributed by atoms with Crippen molar-refractivity contribution >= 4 is 17.6 Å². The topological polar surface area (TPSA) is 37.3 Å². The van der Waals surface area contributed by atoms with Gasteiger partial charge >= 0.3 is 12.1 Å². The van der Waals surface area contributed by atoms with E-state index in [0.29, 0.717) is 18.2 Å². The quantitative estimate of drug-likeness (QED) is 0.856.